The molecule has 3 fully saturated rings. The molecule has 2 aromatic heterocycles. The first-order valence-electron chi connectivity index (χ1n) is 13.5. The van der Waals surface area contributed by atoms with Crippen LogP contribution in [0.1, 0.15) is 38.3 Å². The van der Waals surface area contributed by atoms with Crippen molar-refractivity contribution in [3.05, 3.63) is 48.2 Å². The number of H-pyrrole nitrogens is 1. The Bertz CT molecular complexity index is 1300. The van der Waals surface area contributed by atoms with Crippen LogP contribution < -0.4 is 4.90 Å². The molecule has 3 saturated heterocycles. The normalized spacial score (nSPS) is 24.1. The average Bonchev–Trinajstić information content (AvgIpc) is 3.44. The number of ether oxygens (including phenoxy) is 3. The van der Waals surface area contributed by atoms with E-state index in [1.807, 2.05) is 17.9 Å². The van der Waals surface area contributed by atoms with Gasteiger partial charge in [0.15, 0.2) is 5.82 Å². The molecular weight excluding hydrogens is 503 g/mol. The molecule has 11 heteroatoms. The van der Waals surface area contributed by atoms with Gasteiger partial charge in [0.05, 0.1) is 48.9 Å². The van der Waals surface area contributed by atoms with Crippen LogP contribution in [0.2, 0.25) is 0 Å². The zero-order valence-corrected chi connectivity index (χ0v) is 22.1. The summed E-state index contributed by atoms with van der Waals surface area (Å²) in [7, 11) is 0. The van der Waals surface area contributed by atoms with E-state index in [-0.39, 0.29) is 24.9 Å². The van der Waals surface area contributed by atoms with Gasteiger partial charge in [-0.2, -0.15) is 0 Å². The molecule has 3 aromatic rings. The zero-order valence-electron chi connectivity index (χ0n) is 22.1. The van der Waals surface area contributed by atoms with E-state index >= 15 is 0 Å². The topological polar surface area (TPSA) is 106 Å². The van der Waals surface area contributed by atoms with E-state index in [4.69, 9.17) is 24.2 Å². The Morgan fingerprint density at radius 2 is 1.72 bits per heavy atom. The van der Waals surface area contributed by atoms with Crippen molar-refractivity contribution in [1.29, 1.82) is 0 Å². The van der Waals surface area contributed by atoms with Crippen LogP contribution in [0, 0.1) is 11.2 Å². The molecular formula is C28H33FN6O4. The minimum Gasteiger partial charge on any atom is -0.378 e. The number of anilines is 1. The highest BCUT2D eigenvalue weighted by Crippen LogP contribution is 2.36. The molecule has 0 bridgehead atoms. The smallest absolute Gasteiger partial charge is 0.233 e. The quantitative estimate of drug-likeness (QED) is 0.528. The van der Waals surface area contributed by atoms with Crippen molar-refractivity contribution in [2.75, 3.05) is 57.5 Å². The Hall–Kier alpha value is -3.41. The number of aromatic amines is 1. The van der Waals surface area contributed by atoms with Gasteiger partial charge in [0, 0.05) is 37.9 Å². The van der Waals surface area contributed by atoms with Gasteiger partial charge in [0.1, 0.15) is 5.82 Å². The Kier molecular flexibility index (Phi) is 7.28. The number of carbonyl (C=O) groups is 1. The monoisotopic (exact) mass is 536 g/mol. The number of nitrogens with zero attached hydrogens (tertiary/aromatic N) is 5. The van der Waals surface area contributed by atoms with Crippen molar-refractivity contribution in [2.24, 2.45) is 5.41 Å². The van der Waals surface area contributed by atoms with Gasteiger partial charge in [-0.3, -0.25) is 4.79 Å². The summed E-state index contributed by atoms with van der Waals surface area (Å²) in [4.78, 5) is 34.7. The fourth-order valence-electron chi connectivity index (χ4n) is 5.28. The van der Waals surface area contributed by atoms with Crippen molar-refractivity contribution < 1.29 is 23.4 Å². The maximum Gasteiger partial charge on any atom is 0.233 e. The number of hydrogen-bond donors (Lipinski definition) is 1. The maximum atomic E-state index is 13.7. The molecule has 0 aliphatic carbocycles. The molecule has 39 heavy (non-hydrogen) atoms. The second-order valence-corrected chi connectivity index (χ2v) is 10.6. The molecule has 6 rings (SSSR count). The number of imidazole rings is 1. The van der Waals surface area contributed by atoms with Crippen molar-refractivity contribution in [1.82, 2.24) is 24.8 Å². The van der Waals surface area contributed by atoms with Crippen molar-refractivity contribution >= 4 is 11.9 Å². The minimum absolute atomic E-state index is 0.00242. The fourth-order valence-corrected chi connectivity index (χ4v) is 5.28. The van der Waals surface area contributed by atoms with Gasteiger partial charge in [-0.1, -0.05) is 0 Å². The molecule has 5 heterocycles. The van der Waals surface area contributed by atoms with Crippen LogP contribution in [0.3, 0.4) is 0 Å². The maximum absolute atomic E-state index is 13.7. The number of carbonyl (C=O) groups excluding carboxylic acids is 1. The summed E-state index contributed by atoms with van der Waals surface area (Å²) < 4.78 is 31.2. The van der Waals surface area contributed by atoms with Crippen LogP contribution in [0.15, 0.2) is 36.5 Å². The Balaban J connectivity index is 1.27. The number of halogens is 1. The number of morpholine rings is 1. The third kappa shape index (κ3) is 5.39. The lowest BCUT2D eigenvalue weighted by Crippen LogP contribution is -2.53. The summed E-state index contributed by atoms with van der Waals surface area (Å²) in [5.41, 5.74) is 1.89. The summed E-state index contributed by atoms with van der Waals surface area (Å²) in [5.74, 6) is 0.815. The van der Waals surface area contributed by atoms with Gasteiger partial charge < -0.3 is 29.0 Å². The van der Waals surface area contributed by atoms with E-state index < -0.39 is 11.7 Å². The molecule has 1 amide bonds. The molecule has 0 spiro atoms. The van der Waals surface area contributed by atoms with E-state index in [1.165, 1.54) is 18.6 Å². The lowest BCUT2D eigenvalue weighted by molar-refractivity contribution is -0.235. The number of aromatic nitrogens is 4. The van der Waals surface area contributed by atoms with Gasteiger partial charge in [0.2, 0.25) is 18.1 Å². The van der Waals surface area contributed by atoms with E-state index in [0.29, 0.717) is 55.2 Å². The molecule has 0 atom stereocenters. The first-order valence-corrected chi connectivity index (χ1v) is 13.5. The highest BCUT2D eigenvalue weighted by atomic mass is 19.1. The summed E-state index contributed by atoms with van der Waals surface area (Å²) in [6.45, 7) is 6.32. The molecule has 206 valence electrons. The first-order chi connectivity index (χ1) is 19.0. The van der Waals surface area contributed by atoms with Gasteiger partial charge in [-0.25, -0.2) is 19.3 Å². The van der Waals surface area contributed by atoms with Gasteiger partial charge in [-0.05, 0) is 56.5 Å². The van der Waals surface area contributed by atoms with E-state index in [1.54, 1.807) is 18.3 Å². The number of benzene rings is 1. The number of nitrogens with one attached hydrogen (secondary N) is 1. The van der Waals surface area contributed by atoms with E-state index in [9.17, 15) is 9.18 Å². The molecule has 3 aliphatic heterocycles. The summed E-state index contributed by atoms with van der Waals surface area (Å²) >= 11 is 0. The third-order valence-corrected chi connectivity index (χ3v) is 7.52. The third-order valence-electron chi connectivity index (χ3n) is 7.52. The number of amides is 1. The predicted molar refractivity (Wildman–Crippen MR) is 141 cm³/mol. The van der Waals surface area contributed by atoms with Crippen molar-refractivity contribution in [2.45, 2.75) is 32.5 Å². The number of hydrogen-bond acceptors (Lipinski definition) is 8. The first kappa shape index (κ1) is 25.8. The highest BCUT2D eigenvalue weighted by Gasteiger charge is 2.43. The Morgan fingerprint density at radius 1 is 1.00 bits per heavy atom. The molecule has 0 radical (unpaired) electrons. The fraction of sp³-hybridized carbons (Fsp3) is 0.500. The molecule has 0 saturated carbocycles. The summed E-state index contributed by atoms with van der Waals surface area (Å²) in [6, 6.07) is 8.02. The summed E-state index contributed by atoms with van der Waals surface area (Å²) in [5, 5.41) is 0. The average molecular weight is 537 g/mol. The molecule has 0 unspecified atom stereocenters. The van der Waals surface area contributed by atoms with Gasteiger partial charge in [-0.15, -0.1) is 0 Å². The lowest BCUT2D eigenvalue weighted by Gasteiger charge is -2.39. The molecule has 3 aliphatic rings. The highest BCUT2D eigenvalue weighted by molar-refractivity contribution is 5.83. The Morgan fingerprint density at radius 3 is 2.44 bits per heavy atom. The van der Waals surface area contributed by atoms with Gasteiger partial charge >= 0.3 is 0 Å². The summed E-state index contributed by atoms with van der Waals surface area (Å²) in [6.07, 6.45) is 4.41. The Labute approximate surface area is 226 Å². The number of rotatable bonds is 5. The van der Waals surface area contributed by atoms with Crippen LogP contribution in [0.4, 0.5) is 10.3 Å². The zero-order chi connectivity index (χ0) is 26.8. The van der Waals surface area contributed by atoms with E-state index in [0.717, 1.165) is 31.5 Å². The van der Waals surface area contributed by atoms with Crippen LogP contribution in [-0.4, -0.2) is 83.3 Å². The number of piperidine rings is 1. The lowest BCUT2D eigenvalue weighted by atomic mass is 9.90. The van der Waals surface area contributed by atoms with Crippen molar-refractivity contribution in [3.8, 4) is 22.6 Å². The second kappa shape index (κ2) is 11.0. The van der Waals surface area contributed by atoms with Gasteiger partial charge in [0.25, 0.3) is 0 Å². The molecule has 1 N–H and O–H groups in total. The van der Waals surface area contributed by atoms with Crippen LogP contribution >= 0.6 is 0 Å². The largest absolute Gasteiger partial charge is 0.378 e. The minimum atomic E-state index is -0.793. The van der Waals surface area contributed by atoms with Crippen LogP contribution in [0.25, 0.3) is 22.6 Å². The molecule has 1 aromatic carbocycles. The standard InChI is InChI=1S/C28H33FN6O4/c1-28(26(36)34-13-15-37-16-14-34)17-38-25(39-18-28)24-32-22(19-5-7-20(29)8-6-19)23(33-24)21-9-10-30-27(31-21)35-11-3-2-4-12-35/h5-10,25H,2-4,11-18H2,1H3,(H,32,33). The molecule has 10 nitrogen and oxygen atoms in total. The van der Waals surface area contributed by atoms with Crippen LogP contribution in [-0.2, 0) is 19.0 Å². The van der Waals surface area contributed by atoms with E-state index in [2.05, 4.69) is 14.9 Å². The predicted octanol–water partition coefficient (Wildman–Crippen LogP) is 3.57. The van der Waals surface area contributed by atoms with Crippen LogP contribution in [0.5, 0.6) is 0 Å². The van der Waals surface area contributed by atoms with Crippen molar-refractivity contribution in [3.63, 3.8) is 0 Å². The SMILES string of the molecule is CC1(C(=O)N2CCOCC2)COC(c2nc(-c3ccc(F)cc3)c(-c3ccnc(N4CCCCC4)n3)[nH]2)OC1. The second-order valence-electron chi connectivity index (χ2n) is 10.6.